The Labute approximate surface area is 115 Å². The van der Waals surface area contributed by atoms with E-state index < -0.39 is 11.9 Å². The van der Waals surface area contributed by atoms with E-state index in [1.807, 2.05) is 20.8 Å². The largest absolute Gasteiger partial charge is 0.368 e. The van der Waals surface area contributed by atoms with Gasteiger partial charge in [-0.1, -0.05) is 19.3 Å². The lowest BCUT2D eigenvalue weighted by Crippen LogP contribution is -2.51. The first kappa shape index (κ1) is 16.0. The van der Waals surface area contributed by atoms with Crippen LogP contribution < -0.4 is 16.4 Å². The van der Waals surface area contributed by atoms with Crippen LogP contribution in [0.5, 0.6) is 0 Å². The zero-order valence-corrected chi connectivity index (χ0v) is 12.3. The third-order valence-electron chi connectivity index (χ3n) is 3.29. The summed E-state index contributed by atoms with van der Waals surface area (Å²) in [7, 11) is 0. The van der Waals surface area contributed by atoms with E-state index in [0.29, 0.717) is 6.04 Å². The zero-order valence-electron chi connectivity index (χ0n) is 12.3. The van der Waals surface area contributed by atoms with Crippen molar-refractivity contribution in [1.82, 2.24) is 10.6 Å². The van der Waals surface area contributed by atoms with Gasteiger partial charge in [-0.05, 0) is 33.6 Å². The number of carbonyl (C=O) groups excluding carboxylic acids is 2. The number of primary amides is 1. The summed E-state index contributed by atoms with van der Waals surface area (Å²) in [5.41, 5.74) is 5.10. The molecule has 0 spiro atoms. The molecule has 4 N–H and O–H groups in total. The standard InChI is InChI=1S/C14H27N3O2/c1-14(2,3)17-12(18)9-11(13(15)19)16-10-7-5-4-6-8-10/h10-11,16H,4-9H2,1-3H3,(H2,15,19)(H,17,18). The highest BCUT2D eigenvalue weighted by Crippen LogP contribution is 2.18. The van der Waals surface area contributed by atoms with Gasteiger partial charge in [0.25, 0.3) is 0 Å². The molecule has 5 nitrogen and oxygen atoms in total. The van der Waals surface area contributed by atoms with E-state index in [9.17, 15) is 9.59 Å². The second-order valence-electron chi connectivity index (χ2n) is 6.46. The van der Waals surface area contributed by atoms with Crippen LogP contribution in [0.4, 0.5) is 0 Å². The summed E-state index contributed by atoms with van der Waals surface area (Å²) in [5.74, 6) is -0.589. The first-order valence-electron chi connectivity index (χ1n) is 7.14. The number of nitrogens with one attached hydrogen (secondary N) is 2. The predicted molar refractivity (Wildman–Crippen MR) is 75.5 cm³/mol. The molecule has 0 saturated heterocycles. The van der Waals surface area contributed by atoms with Crippen molar-refractivity contribution in [2.24, 2.45) is 5.73 Å². The minimum Gasteiger partial charge on any atom is -0.368 e. The van der Waals surface area contributed by atoms with Gasteiger partial charge in [-0.2, -0.15) is 0 Å². The Hall–Kier alpha value is -1.10. The number of nitrogens with two attached hydrogens (primary N) is 1. The number of rotatable bonds is 5. The van der Waals surface area contributed by atoms with Crippen LogP contribution >= 0.6 is 0 Å². The molecule has 0 aliphatic heterocycles. The van der Waals surface area contributed by atoms with Crippen LogP contribution in [0.3, 0.4) is 0 Å². The molecule has 19 heavy (non-hydrogen) atoms. The van der Waals surface area contributed by atoms with Gasteiger partial charge < -0.3 is 16.4 Å². The summed E-state index contributed by atoms with van der Waals surface area (Å²) in [6, 6.07) is -0.251. The van der Waals surface area contributed by atoms with E-state index in [1.165, 1.54) is 19.3 Å². The van der Waals surface area contributed by atoms with Gasteiger partial charge in [-0.3, -0.25) is 9.59 Å². The maximum absolute atomic E-state index is 11.9. The fourth-order valence-electron chi connectivity index (χ4n) is 2.45. The monoisotopic (exact) mass is 269 g/mol. The number of carbonyl (C=O) groups is 2. The Kier molecular flexibility index (Phi) is 5.79. The van der Waals surface area contributed by atoms with E-state index >= 15 is 0 Å². The van der Waals surface area contributed by atoms with Crippen molar-refractivity contribution in [1.29, 1.82) is 0 Å². The van der Waals surface area contributed by atoms with Crippen LogP contribution in [0.2, 0.25) is 0 Å². The molecular weight excluding hydrogens is 242 g/mol. The summed E-state index contributed by atoms with van der Waals surface area (Å²) in [5, 5.41) is 6.09. The van der Waals surface area contributed by atoms with Crippen LogP contribution in [0, 0.1) is 0 Å². The molecule has 1 unspecified atom stereocenters. The van der Waals surface area contributed by atoms with Gasteiger partial charge in [0.05, 0.1) is 12.5 Å². The van der Waals surface area contributed by atoms with Gasteiger partial charge in [-0.25, -0.2) is 0 Å². The SMILES string of the molecule is CC(C)(C)NC(=O)CC(NC1CCCCC1)C(N)=O. The van der Waals surface area contributed by atoms with Crippen molar-refractivity contribution < 1.29 is 9.59 Å². The average molecular weight is 269 g/mol. The van der Waals surface area contributed by atoms with Gasteiger partial charge in [0.15, 0.2) is 0 Å². The molecule has 2 amide bonds. The van der Waals surface area contributed by atoms with E-state index in [1.54, 1.807) is 0 Å². The Morgan fingerprint density at radius 2 is 1.79 bits per heavy atom. The number of hydrogen-bond acceptors (Lipinski definition) is 3. The fraction of sp³-hybridized carbons (Fsp3) is 0.857. The Morgan fingerprint density at radius 1 is 1.21 bits per heavy atom. The molecule has 0 bridgehead atoms. The molecule has 0 aromatic heterocycles. The van der Waals surface area contributed by atoms with Gasteiger partial charge in [-0.15, -0.1) is 0 Å². The van der Waals surface area contributed by atoms with Crippen LogP contribution in [-0.4, -0.2) is 29.4 Å². The molecule has 1 rings (SSSR count). The number of amides is 2. The van der Waals surface area contributed by atoms with E-state index in [2.05, 4.69) is 10.6 Å². The van der Waals surface area contributed by atoms with Crippen molar-refractivity contribution in [2.75, 3.05) is 0 Å². The second kappa shape index (κ2) is 6.89. The maximum atomic E-state index is 11.9. The number of hydrogen-bond donors (Lipinski definition) is 3. The molecule has 0 aromatic carbocycles. The molecule has 1 fully saturated rings. The van der Waals surface area contributed by atoms with Crippen molar-refractivity contribution in [3.8, 4) is 0 Å². The molecule has 1 aliphatic carbocycles. The normalized spacial score (nSPS) is 18.9. The second-order valence-corrected chi connectivity index (χ2v) is 6.46. The van der Waals surface area contributed by atoms with Gasteiger partial charge in [0, 0.05) is 11.6 Å². The topological polar surface area (TPSA) is 84.2 Å². The molecule has 0 aromatic rings. The lowest BCUT2D eigenvalue weighted by atomic mass is 9.94. The predicted octanol–water partition coefficient (Wildman–Crippen LogP) is 1.07. The Morgan fingerprint density at radius 3 is 2.26 bits per heavy atom. The van der Waals surface area contributed by atoms with Crippen LogP contribution in [0.15, 0.2) is 0 Å². The molecular formula is C14H27N3O2. The Balaban J connectivity index is 2.48. The maximum Gasteiger partial charge on any atom is 0.235 e. The molecule has 1 atom stereocenters. The van der Waals surface area contributed by atoms with Crippen LogP contribution in [0.25, 0.3) is 0 Å². The van der Waals surface area contributed by atoms with Crippen molar-refractivity contribution in [2.45, 2.75) is 76.9 Å². The first-order valence-corrected chi connectivity index (χ1v) is 7.14. The molecule has 110 valence electrons. The molecule has 0 radical (unpaired) electrons. The van der Waals surface area contributed by atoms with E-state index in [0.717, 1.165) is 12.8 Å². The average Bonchev–Trinajstić information content (AvgIpc) is 2.26. The minimum absolute atomic E-state index is 0.114. The van der Waals surface area contributed by atoms with Crippen molar-refractivity contribution in [3.05, 3.63) is 0 Å². The van der Waals surface area contributed by atoms with Gasteiger partial charge in [0.1, 0.15) is 0 Å². The Bertz CT molecular complexity index is 317. The highest BCUT2D eigenvalue weighted by atomic mass is 16.2. The van der Waals surface area contributed by atoms with Crippen LogP contribution in [-0.2, 0) is 9.59 Å². The molecule has 0 heterocycles. The summed E-state index contributed by atoms with van der Waals surface area (Å²) in [6.07, 6.45) is 5.84. The summed E-state index contributed by atoms with van der Waals surface area (Å²) in [6.45, 7) is 5.75. The summed E-state index contributed by atoms with van der Waals surface area (Å²) in [4.78, 5) is 23.3. The third-order valence-corrected chi connectivity index (χ3v) is 3.29. The van der Waals surface area contributed by atoms with Crippen LogP contribution in [0.1, 0.15) is 59.3 Å². The van der Waals surface area contributed by atoms with E-state index in [-0.39, 0.29) is 17.9 Å². The first-order chi connectivity index (χ1) is 8.78. The highest BCUT2D eigenvalue weighted by molar-refractivity contribution is 5.87. The smallest absolute Gasteiger partial charge is 0.235 e. The van der Waals surface area contributed by atoms with Crippen molar-refractivity contribution >= 4 is 11.8 Å². The molecule has 1 aliphatic rings. The fourth-order valence-corrected chi connectivity index (χ4v) is 2.45. The summed E-state index contributed by atoms with van der Waals surface area (Å²) >= 11 is 0. The van der Waals surface area contributed by atoms with Gasteiger partial charge in [0.2, 0.25) is 11.8 Å². The van der Waals surface area contributed by atoms with Gasteiger partial charge >= 0.3 is 0 Å². The third kappa shape index (κ3) is 6.57. The van der Waals surface area contributed by atoms with E-state index in [4.69, 9.17) is 5.73 Å². The lowest BCUT2D eigenvalue weighted by Gasteiger charge is -2.28. The zero-order chi connectivity index (χ0) is 14.5. The summed E-state index contributed by atoms with van der Waals surface area (Å²) < 4.78 is 0. The molecule has 5 heteroatoms. The quantitative estimate of drug-likeness (QED) is 0.698. The molecule has 1 saturated carbocycles. The van der Waals surface area contributed by atoms with Crippen molar-refractivity contribution in [3.63, 3.8) is 0 Å². The lowest BCUT2D eigenvalue weighted by molar-refractivity contribution is -0.127. The minimum atomic E-state index is -0.564. The highest BCUT2D eigenvalue weighted by Gasteiger charge is 2.25.